The highest BCUT2D eigenvalue weighted by atomic mass is 16.3. The van der Waals surface area contributed by atoms with Gasteiger partial charge in [0.2, 0.25) is 5.95 Å². The lowest BCUT2D eigenvalue weighted by Gasteiger charge is -2.31. The van der Waals surface area contributed by atoms with E-state index in [1.54, 1.807) is 11.6 Å². The maximum Gasteiger partial charge on any atom is 0.329 e. The van der Waals surface area contributed by atoms with Gasteiger partial charge in [-0.2, -0.15) is 4.98 Å². The van der Waals surface area contributed by atoms with Crippen LogP contribution in [0.5, 0.6) is 0 Å². The number of hydrogen-bond acceptors (Lipinski definition) is 7. The first-order chi connectivity index (χ1) is 16.5. The third kappa shape index (κ3) is 4.55. The SMILES string of the molecule is CN1CCN(Cc2ccc(CNc3nc4c(c(=O)[nH]c(=O)n4C)n3Cc3ccccc3)o2)CC1. The monoisotopic (exact) mass is 463 g/mol. The maximum absolute atomic E-state index is 12.7. The molecule has 0 amide bonds. The Bertz CT molecular complexity index is 1390. The summed E-state index contributed by atoms with van der Waals surface area (Å²) in [5, 5.41) is 3.31. The number of nitrogens with zero attached hydrogens (tertiary/aromatic N) is 5. The molecule has 10 nitrogen and oxygen atoms in total. The number of fused-ring (bicyclic) bond motifs is 1. The number of benzene rings is 1. The minimum Gasteiger partial charge on any atom is -0.463 e. The van der Waals surface area contributed by atoms with E-state index in [1.807, 2.05) is 42.5 Å². The minimum absolute atomic E-state index is 0.336. The number of aromatic nitrogens is 4. The van der Waals surface area contributed by atoms with Crippen LogP contribution in [-0.2, 0) is 26.7 Å². The van der Waals surface area contributed by atoms with E-state index < -0.39 is 11.2 Å². The Morgan fingerprint density at radius 2 is 1.71 bits per heavy atom. The summed E-state index contributed by atoms with van der Waals surface area (Å²) < 4.78 is 9.21. The van der Waals surface area contributed by atoms with Crippen molar-refractivity contribution in [2.45, 2.75) is 19.6 Å². The van der Waals surface area contributed by atoms with Crippen molar-refractivity contribution in [2.24, 2.45) is 7.05 Å². The van der Waals surface area contributed by atoms with E-state index in [0.29, 0.717) is 30.2 Å². The van der Waals surface area contributed by atoms with Crippen molar-refractivity contribution in [3.8, 4) is 0 Å². The second kappa shape index (κ2) is 9.32. The van der Waals surface area contributed by atoms with Crippen LogP contribution in [0.3, 0.4) is 0 Å². The Kier molecular flexibility index (Phi) is 6.08. The summed E-state index contributed by atoms with van der Waals surface area (Å²) in [6.45, 7) is 5.82. The number of aryl methyl sites for hydroxylation is 1. The fraction of sp³-hybridized carbons (Fsp3) is 0.375. The van der Waals surface area contributed by atoms with Crippen LogP contribution >= 0.6 is 0 Å². The molecule has 3 aromatic heterocycles. The molecule has 2 N–H and O–H groups in total. The molecule has 0 saturated carbocycles. The molecular weight excluding hydrogens is 434 g/mol. The van der Waals surface area contributed by atoms with Gasteiger partial charge in [0.15, 0.2) is 11.2 Å². The second-order valence-electron chi connectivity index (χ2n) is 8.80. The van der Waals surface area contributed by atoms with Crippen LogP contribution in [0.4, 0.5) is 5.95 Å². The quantitative estimate of drug-likeness (QED) is 0.427. The summed E-state index contributed by atoms with van der Waals surface area (Å²) in [5.74, 6) is 2.21. The van der Waals surface area contributed by atoms with Crippen molar-refractivity contribution < 1.29 is 4.42 Å². The molecule has 1 fully saturated rings. The average molecular weight is 464 g/mol. The van der Waals surface area contributed by atoms with E-state index in [9.17, 15) is 9.59 Å². The van der Waals surface area contributed by atoms with Crippen LogP contribution in [0.15, 0.2) is 56.5 Å². The van der Waals surface area contributed by atoms with Crippen molar-refractivity contribution in [1.29, 1.82) is 0 Å². The van der Waals surface area contributed by atoms with Gasteiger partial charge in [-0.1, -0.05) is 30.3 Å². The van der Waals surface area contributed by atoms with Gasteiger partial charge in [-0.15, -0.1) is 0 Å². The zero-order valence-electron chi connectivity index (χ0n) is 19.5. The molecule has 1 saturated heterocycles. The van der Waals surface area contributed by atoms with E-state index in [0.717, 1.165) is 49.8 Å². The van der Waals surface area contributed by atoms with Gasteiger partial charge in [0.25, 0.3) is 5.56 Å². The molecule has 4 aromatic rings. The van der Waals surface area contributed by atoms with Crippen molar-refractivity contribution in [1.82, 2.24) is 28.9 Å². The zero-order valence-corrected chi connectivity index (χ0v) is 19.5. The summed E-state index contributed by atoms with van der Waals surface area (Å²) in [4.78, 5) is 36.5. The number of imidazole rings is 1. The Hall–Kier alpha value is -3.63. The van der Waals surface area contributed by atoms with Gasteiger partial charge in [-0.25, -0.2) is 4.79 Å². The Morgan fingerprint density at radius 1 is 0.971 bits per heavy atom. The lowest BCUT2D eigenvalue weighted by atomic mass is 10.2. The zero-order chi connectivity index (χ0) is 23.7. The normalized spacial score (nSPS) is 15.2. The Labute approximate surface area is 196 Å². The fourth-order valence-corrected chi connectivity index (χ4v) is 4.28. The van der Waals surface area contributed by atoms with Gasteiger partial charge < -0.3 is 14.6 Å². The predicted octanol–water partition coefficient (Wildman–Crippen LogP) is 1.42. The number of anilines is 1. The van der Waals surface area contributed by atoms with E-state index in [1.165, 1.54) is 4.57 Å². The van der Waals surface area contributed by atoms with E-state index in [2.05, 4.69) is 32.1 Å². The van der Waals surface area contributed by atoms with Gasteiger partial charge in [-0.3, -0.25) is 23.8 Å². The minimum atomic E-state index is -0.493. The van der Waals surface area contributed by atoms with Crippen molar-refractivity contribution >= 4 is 17.1 Å². The largest absolute Gasteiger partial charge is 0.463 e. The first kappa shape index (κ1) is 22.2. The smallest absolute Gasteiger partial charge is 0.329 e. The first-order valence-electron chi connectivity index (χ1n) is 11.4. The number of aromatic amines is 1. The highest BCUT2D eigenvalue weighted by Crippen LogP contribution is 2.19. The number of likely N-dealkylation sites (N-methyl/N-ethyl adjacent to an activating group) is 1. The van der Waals surface area contributed by atoms with E-state index in [4.69, 9.17) is 4.42 Å². The molecule has 0 atom stereocenters. The summed E-state index contributed by atoms with van der Waals surface area (Å²) in [7, 11) is 3.74. The third-order valence-electron chi connectivity index (χ3n) is 6.30. The molecule has 0 unspecified atom stereocenters. The van der Waals surface area contributed by atoms with Gasteiger partial charge in [0.05, 0.1) is 19.6 Å². The first-order valence-corrected chi connectivity index (χ1v) is 11.4. The van der Waals surface area contributed by atoms with Crippen molar-refractivity contribution in [3.63, 3.8) is 0 Å². The molecule has 0 spiro atoms. The molecule has 0 radical (unpaired) electrons. The molecule has 5 rings (SSSR count). The standard InChI is InChI=1S/C24H29N7O3/c1-28-10-12-30(13-11-28)16-19-9-8-18(34-19)14-25-23-26-21-20(22(32)27-24(33)29(21)2)31(23)15-17-6-4-3-5-7-17/h3-9H,10-16H2,1-2H3,(H,25,26)(H,27,32,33). The van der Waals surface area contributed by atoms with Crippen LogP contribution in [0.25, 0.3) is 11.2 Å². The van der Waals surface area contributed by atoms with Crippen molar-refractivity contribution in [2.75, 3.05) is 38.5 Å². The molecule has 34 heavy (non-hydrogen) atoms. The highest BCUT2D eigenvalue weighted by molar-refractivity contribution is 5.74. The van der Waals surface area contributed by atoms with Gasteiger partial charge in [0.1, 0.15) is 11.5 Å². The molecule has 1 aliphatic heterocycles. The highest BCUT2D eigenvalue weighted by Gasteiger charge is 2.19. The average Bonchev–Trinajstić information content (AvgIpc) is 3.43. The number of rotatable bonds is 7. The molecular formula is C24H29N7O3. The molecule has 1 aliphatic rings. The second-order valence-corrected chi connectivity index (χ2v) is 8.80. The van der Waals surface area contributed by atoms with E-state index in [-0.39, 0.29) is 0 Å². The summed E-state index contributed by atoms with van der Waals surface area (Å²) in [6.07, 6.45) is 0. The summed E-state index contributed by atoms with van der Waals surface area (Å²) in [6, 6.07) is 13.8. The van der Waals surface area contributed by atoms with Crippen LogP contribution in [-0.4, -0.2) is 62.1 Å². The van der Waals surface area contributed by atoms with Gasteiger partial charge >= 0.3 is 5.69 Å². The number of H-pyrrole nitrogens is 1. The number of nitrogens with one attached hydrogen (secondary N) is 2. The molecule has 10 heteroatoms. The van der Waals surface area contributed by atoms with Crippen LogP contribution < -0.4 is 16.6 Å². The van der Waals surface area contributed by atoms with E-state index >= 15 is 0 Å². The lowest BCUT2D eigenvalue weighted by Crippen LogP contribution is -2.43. The number of piperazine rings is 1. The lowest BCUT2D eigenvalue weighted by molar-refractivity contribution is 0.140. The molecule has 4 heterocycles. The number of furan rings is 1. The Morgan fingerprint density at radius 3 is 2.47 bits per heavy atom. The fourth-order valence-electron chi connectivity index (χ4n) is 4.28. The van der Waals surface area contributed by atoms with Gasteiger partial charge in [0, 0.05) is 33.2 Å². The molecule has 0 bridgehead atoms. The van der Waals surface area contributed by atoms with Crippen LogP contribution in [0.2, 0.25) is 0 Å². The predicted molar refractivity (Wildman–Crippen MR) is 130 cm³/mol. The molecule has 178 valence electrons. The molecule has 1 aromatic carbocycles. The van der Waals surface area contributed by atoms with Crippen LogP contribution in [0.1, 0.15) is 17.1 Å². The summed E-state index contributed by atoms with van der Waals surface area (Å²) in [5.41, 5.74) is 0.756. The Balaban J connectivity index is 1.38. The maximum atomic E-state index is 12.7. The van der Waals surface area contributed by atoms with Gasteiger partial charge in [-0.05, 0) is 24.7 Å². The third-order valence-corrected chi connectivity index (χ3v) is 6.30. The van der Waals surface area contributed by atoms with Crippen LogP contribution in [0, 0.1) is 0 Å². The molecule has 0 aliphatic carbocycles. The number of hydrogen-bond donors (Lipinski definition) is 2. The summed E-state index contributed by atoms with van der Waals surface area (Å²) >= 11 is 0. The van der Waals surface area contributed by atoms with Crippen molar-refractivity contribution in [3.05, 3.63) is 80.4 Å². The topological polar surface area (TPSA) is 104 Å².